The quantitative estimate of drug-likeness (QED) is 0.126. The molecule has 0 bridgehead atoms. The van der Waals surface area contributed by atoms with Crippen LogP contribution < -0.4 is 20.9 Å². The van der Waals surface area contributed by atoms with Gasteiger partial charge in [-0.1, -0.05) is 6.07 Å². The van der Waals surface area contributed by atoms with Crippen LogP contribution in [-0.2, 0) is 16.1 Å². The Hall–Kier alpha value is -5.89. The number of likely N-dealkylation sites (tertiary alicyclic amines) is 1. The molecule has 3 aromatic carbocycles. The predicted molar refractivity (Wildman–Crippen MR) is 209 cm³/mol. The van der Waals surface area contributed by atoms with Crippen LogP contribution in [0.2, 0.25) is 0 Å². The van der Waals surface area contributed by atoms with Gasteiger partial charge in [-0.3, -0.25) is 43.9 Å². The normalized spacial score (nSPS) is 20.4. The number of H-pyrrole nitrogens is 1. The highest BCUT2D eigenvalue weighted by molar-refractivity contribution is 6.25. The summed E-state index contributed by atoms with van der Waals surface area (Å²) in [7, 11) is 0. The number of benzene rings is 3. The molecule has 14 heteroatoms. The lowest BCUT2D eigenvalue weighted by Crippen LogP contribution is -2.54. The van der Waals surface area contributed by atoms with Crippen molar-refractivity contribution in [2.45, 2.75) is 76.9 Å². The topological polar surface area (TPSA) is 177 Å². The third-order valence-corrected chi connectivity index (χ3v) is 11.7. The number of hydrogen-bond donors (Lipinski definition) is 4. The number of imide groups is 2. The summed E-state index contributed by atoms with van der Waals surface area (Å²) < 4.78 is 0. The number of aromatic nitrogens is 2. The van der Waals surface area contributed by atoms with Crippen LogP contribution in [-0.4, -0.2) is 93.5 Å². The van der Waals surface area contributed by atoms with Crippen molar-refractivity contribution in [1.29, 1.82) is 0 Å². The van der Waals surface area contributed by atoms with Crippen LogP contribution in [0.25, 0.3) is 11.0 Å². The van der Waals surface area contributed by atoms with Crippen molar-refractivity contribution in [3.05, 3.63) is 88.7 Å². The molecule has 6 amide bonds. The molecule has 0 saturated carbocycles. The van der Waals surface area contributed by atoms with Crippen LogP contribution in [0.1, 0.15) is 106 Å². The van der Waals surface area contributed by atoms with E-state index in [0.29, 0.717) is 59.7 Å². The zero-order chi connectivity index (χ0) is 38.9. The number of piperidine rings is 2. The van der Waals surface area contributed by atoms with Gasteiger partial charge < -0.3 is 20.5 Å². The average molecular weight is 759 g/mol. The zero-order valence-corrected chi connectivity index (χ0v) is 31.4. The van der Waals surface area contributed by atoms with E-state index in [1.54, 1.807) is 36.4 Å². The number of aromatic amines is 1. The number of imidazole rings is 1. The lowest BCUT2D eigenvalue weighted by atomic mass is 9.91. The fraction of sp³-hybridized carbons (Fsp3) is 0.405. The van der Waals surface area contributed by atoms with E-state index in [-0.39, 0.29) is 30.2 Å². The monoisotopic (exact) mass is 758 g/mol. The number of fused-ring (bicyclic) bond motifs is 2. The molecule has 290 valence electrons. The van der Waals surface area contributed by atoms with E-state index < -0.39 is 29.7 Å². The van der Waals surface area contributed by atoms with E-state index in [0.717, 1.165) is 60.5 Å². The number of carbonyl (C=O) groups excluding carboxylic acids is 6. The molecule has 14 nitrogen and oxygen atoms in total. The Balaban J connectivity index is 0.778. The lowest BCUT2D eigenvalue weighted by molar-refractivity contribution is -0.136. The molecule has 5 heterocycles. The summed E-state index contributed by atoms with van der Waals surface area (Å²) in [5.41, 5.74) is 4.61. The first-order valence-corrected chi connectivity index (χ1v) is 19.6. The number of nitrogens with zero attached hydrogens (tertiary/aromatic N) is 4. The van der Waals surface area contributed by atoms with Crippen molar-refractivity contribution in [3.8, 4) is 0 Å². The second kappa shape index (κ2) is 15.7. The largest absolute Gasteiger partial charge is 0.371 e. The van der Waals surface area contributed by atoms with Gasteiger partial charge in [0.15, 0.2) is 0 Å². The van der Waals surface area contributed by atoms with E-state index in [9.17, 15) is 28.8 Å². The molecule has 0 aliphatic carbocycles. The highest BCUT2D eigenvalue weighted by Crippen LogP contribution is 2.36. The van der Waals surface area contributed by atoms with Crippen LogP contribution in [0.15, 0.2) is 60.7 Å². The molecular weight excluding hydrogens is 713 g/mol. The second-order valence-electron chi connectivity index (χ2n) is 15.4. The van der Waals surface area contributed by atoms with Crippen LogP contribution in [0.5, 0.6) is 0 Å². The lowest BCUT2D eigenvalue weighted by Gasteiger charge is -2.34. The minimum absolute atomic E-state index is 0.0763. The highest BCUT2D eigenvalue weighted by Gasteiger charge is 2.46. The average Bonchev–Trinajstić information content (AvgIpc) is 3.88. The van der Waals surface area contributed by atoms with E-state index in [1.165, 1.54) is 12.8 Å². The molecule has 56 heavy (non-hydrogen) atoms. The van der Waals surface area contributed by atoms with Crippen molar-refractivity contribution >= 4 is 57.9 Å². The predicted octanol–water partition coefficient (Wildman–Crippen LogP) is 4.63. The van der Waals surface area contributed by atoms with Gasteiger partial charge >= 0.3 is 0 Å². The molecule has 4 N–H and O–H groups in total. The number of nitrogens with one attached hydrogen (secondary N) is 4. The van der Waals surface area contributed by atoms with Gasteiger partial charge in [0.25, 0.3) is 23.6 Å². The maximum Gasteiger partial charge on any atom is 0.264 e. The Labute approximate surface area is 324 Å². The third-order valence-electron chi connectivity index (χ3n) is 11.7. The first-order valence-electron chi connectivity index (χ1n) is 19.6. The number of carbonyl (C=O) groups is 6. The molecule has 3 fully saturated rings. The standard InChI is InChI=1S/C42H46N8O6/c1-25-5-4-20-49(25)24-35-45-31-14-13-29(23-32(31)46-35)44-39(53)28-11-9-27(10-12-28)38(52)43-19-3-6-26-17-21-48(22-18-26)33-8-2-7-30-37(33)42(56)50(41(30)55)34-15-16-36(51)47-40(34)54/h2,7-14,23,25-26,34H,3-6,15-22,24H2,1H3,(H,43,52)(H,44,53)(H,45,46)(H,47,51,54)/t25-,34?/m0/s1. The van der Waals surface area contributed by atoms with E-state index in [2.05, 4.69) is 37.7 Å². The molecule has 4 aliphatic rings. The maximum atomic E-state index is 13.5. The first-order chi connectivity index (χ1) is 27.1. The van der Waals surface area contributed by atoms with Gasteiger partial charge in [0.2, 0.25) is 11.8 Å². The summed E-state index contributed by atoms with van der Waals surface area (Å²) in [5, 5.41) is 8.19. The summed E-state index contributed by atoms with van der Waals surface area (Å²) in [6, 6.07) is 17.0. The fourth-order valence-corrected chi connectivity index (χ4v) is 8.53. The molecule has 8 rings (SSSR count). The molecule has 4 aromatic rings. The molecule has 4 aliphatic heterocycles. The SMILES string of the molecule is C[C@H]1CCCN1Cc1nc2ccc(NC(=O)c3ccc(C(=O)NCCCC4CCN(c5cccc6c5C(=O)N(C5CCC(=O)NC5=O)C6=O)CC4)cc3)cc2[nH]1. The van der Waals surface area contributed by atoms with Gasteiger partial charge in [-0.25, -0.2) is 4.98 Å². The van der Waals surface area contributed by atoms with Crippen molar-refractivity contribution in [1.82, 2.24) is 30.4 Å². The van der Waals surface area contributed by atoms with Gasteiger partial charge in [-0.15, -0.1) is 0 Å². The molecule has 1 unspecified atom stereocenters. The summed E-state index contributed by atoms with van der Waals surface area (Å²) in [5.74, 6) is -1.12. The highest BCUT2D eigenvalue weighted by atomic mass is 16.2. The smallest absolute Gasteiger partial charge is 0.264 e. The van der Waals surface area contributed by atoms with Gasteiger partial charge in [0, 0.05) is 48.9 Å². The fourth-order valence-electron chi connectivity index (χ4n) is 8.53. The van der Waals surface area contributed by atoms with Gasteiger partial charge in [-0.05, 0) is 119 Å². The Kier molecular flexibility index (Phi) is 10.4. The molecule has 3 saturated heterocycles. The summed E-state index contributed by atoms with van der Waals surface area (Å²) >= 11 is 0. The van der Waals surface area contributed by atoms with E-state index in [4.69, 9.17) is 4.98 Å². The molecule has 0 radical (unpaired) electrons. The van der Waals surface area contributed by atoms with Crippen molar-refractivity contribution < 1.29 is 28.8 Å². The number of rotatable bonds is 11. The molecule has 0 spiro atoms. The van der Waals surface area contributed by atoms with E-state index >= 15 is 0 Å². The minimum atomic E-state index is -0.997. The van der Waals surface area contributed by atoms with Gasteiger partial charge in [0.05, 0.1) is 34.4 Å². The van der Waals surface area contributed by atoms with Crippen LogP contribution in [0.3, 0.4) is 0 Å². The van der Waals surface area contributed by atoms with E-state index in [1.807, 2.05) is 24.3 Å². The zero-order valence-electron chi connectivity index (χ0n) is 31.4. The Bertz CT molecular complexity index is 2210. The van der Waals surface area contributed by atoms with Crippen LogP contribution >= 0.6 is 0 Å². The summed E-state index contributed by atoms with van der Waals surface area (Å²) in [6.45, 7) is 6.05. The molecule has 2 atom stereocenters. The van der Waals surface area contributed by atoms with Gasteiger partial charge in [-0.2, -0.15) is 0 Å². The molecule has 1 aromatic heterocycles. The minimum Gasteiger partial charge on any atom is -0.371 e. The summed E-state index contributed by atoms with van der Waals surface area (Å²) in [4.78, 5) is 90.6. The molecular formula is C42H46N8O6. The Morgan fingerprint density at radius 2 is 1.64 bits per heavy atom. The number of amides is 6. The van der Waals surface area contributed by atoms with Crippen molar-refractivity contribution in [2.75, 3.05) is 36.4 Å². The Morgan fingerprint density at radius 1 is 0.875 bits per heavy atom. The van der Waals surface area contributed by atoms with Crippen molar-refractivity contribution in [3.63, 3.8) is 0 Å². The summed E-state index contributed by atoms with van der Waals surface area (Å²) in [6.07, 6.45) is 6.15. The van der Waals surface area contributed by atoms with Gasteiger partial charge in [0.1, 0.15) is 11.9 Å². The third kappa shape index (κ3) is 7.53. The number of anilines is 2. The first kappa shape index (κ1) is 37.1. The Morgan fingerprint density at radius 3 is 2.38 bits per heavy atom. The second-order valence-corrected chi connectivity index (χ2v) is 15.4. The van der Waals surface area contributed by atoms with Crippen LogP contribution in [0.4, 0.5) is 11.4 Å². The van der Waals surface area contributed by atoms with Crippen LogP contribution in [0, 0.1) is 5.92 Å². The van der Waals surface area contributed by atoms with Crippen molar-refractivity contribution in [2.24, 2.45) is 5.92 Å². The maximum absolute atomic E-state index is 13.5. The number of hydrogen-bond acceptors (Lipinski definition) is 9.